The highest BCUT2D eigenvalue weighted by atomic mass is 35.5. The van der Waals surface area contributed by atoms with Crippen molar-refractivity contribution >= 4 is 29.9 Å². The van der Waals surface area contributed by atoms with Gasteiger partial charge in [-0.25, -0.2) is 10.0 Å². The lowest BCUT2D eigenvalue weighted by Gasteiger charge is -2.24. The Morgan fingerprint density at radius 2 is 1.68 bits per heavy atom. The molecule has 1 heterocycles. The van der Waals surface area contributed by atoms with E-state index < -0.39 is 0 Å². The molecule has 2 aromatic rings. The third kappa shape index (κ3) is 4.31. The predicted octanol–water partition coefficient (Wildman–Crippen LogP) is 4.64. The Balaban J connectivity index is 0.00000225. The Bertz CT molecular complexity index is 712. The van der Waals surface area contributed by atoms with Gasteiger partial charge in [0.2, 0.25) is 0 Å². The van der Waals surface area contributed by atoms with Gasteiger partial charge in [-0.1, -0.05) is 41.6 Å². The van der Waals surface area contributed by atoms with Crippen LogP contribution in [0.4, 0.5) is 11.4 Å². The van der Waals surface area contributed by atoms with E-state index in [0.29, 0.717) is 0 Å². The van der Waals surface area contributed by atoms with Crippen molar-refractivity contribution in [2.45, 2.75) is 13.1 Å². The van der Waals surface area contributed by atoms with Crippen LogP contribution in [0.3, 0.4) is 0 Å². The lowest BCUT2D eigenvalue weighted by Crippen LogP contribution is -2.36. The van der Waals surface area contributed by atoms with Crippen molar-refractivity contribution in [2.24, 2.45) is 10.4 Å². The fourth-order valence-corrected chi connectivity index (χ4v) is 2.62. The summed E-state index contributed by atoms with van der Waals surface area (Å²) in [5, 5.41) is 12.5. The Kier molecular flexibility index (Phi) is 6.42. The maximum atomic E-state index is 4.32. The topological polar surface area (TPSA) is 34.4 Å². The second kappa shape index (κ2) is 8.53. The van der Waals surface area contributed by atoms with Crippen LogP contribution in [0.15, 0.2) is 71.1 Å². The Hall–Kier alpha value is -2.53. The van der Waals surface area contributed by atoms with Gasteiger partial charge in [-0.05, 0) is 48.1 Å². The first-order chi connectivity index (χ1) is 11.7. The fourth-order valence-electron chi connectivity index (χ4n) is 2.62. The number of halogens is 1. The van der Waals surface area contributed by atoms with Crippen molar-refractivity contribution in [2.75, 3.05) is 30.5 Å². The van der Waals surface area contributed by atoms with Gasteiger partial charge in [-0.2, -0.15) is 0 Å². The van der Waals surface area contributed by atoms with Crippen LogP contribution in [0.1, 0.15) is 12.5 Å². The molecule has 0 saturated carbocycles. The molecule has 0 N–H and O–H groups in total. The van der Waals surface area contributed by atoms with Gasteiger partial charge in [0, 0.05) is 26.3 Å². The minimum absolute atomic E-state index is 0. The van der Waals surface area contributed by atoms with E-state index in [1.165, 1.54) is 5.69 Å². The highest BCUT2D eigenvalue weighted by Gasteiger charge is 2.27. The zero-order valence-electron chi connectivity index (χ0n) is 14.8. The van der Waals surface area contributed by atoms with Crippen molar-refractivity contribution in [3.63, 3.8) is 0 Å². The molecule has 0 aromatic heterocycles. The maximum absolute atomic E-state index is 4.32. The molecule has 1 atom stereocenters. The molecule has 0 amide bonds. The molecule has 25 heavy (non-hydrogen) atoms. The number of likely N-dealkylation sites (N-methyl/N-ethyl adjacent to an activating group) is 1. The van der Waals surface area contributed by atoms with Crippen LogP contribution in [0, 0.1) is 0 Å². The van der Waals surface area contributed by atoms with Crippen LogP contribution >= 0.6 is 12.4 Å². The molecule has 1 aliphatic heterocycles. The van der Waals surface area contributed by atoms with Crippen LogP contribution in [0.25, 0.3) is 6.08 Å². The van der Waals surface area contributed by atoms with Gasteiger partial charge in [-0.3, -0.25) is 0 Å². The van der Waals surface area contributed by atoms with Gasteiger partial charge in [0.25, 0.3) is 0 Å². The molecule has 6 heteroatoms. The lowest BCUT2D eigenvalue weighted by atomic mass is 10.1. The zero-order valence-corrected chi connectivity index (χ0v) is 15.6. The van der Waals surface area contributed by atoms with Crippen molar-refractivity contribution < 1.29 is 0 Å². The summed E-state index contributed by atoms with van der Waals surface area (Å²) >= 11 is 0. The number of nitrogens with zero attached hydrogens (tertiary/aromatic N) is 5. The molecular weight excluding hydrogens is 334 g/mol. The first kappa shape index (κ1) is 18.8. The average molecular weight is 358 g/mol. The van der Waals surface area contributed by atoms with E-state index in [2.05, 4.69) is 58.7 Å². The molecule has 0 saturated heterocycles. The van der Waals surface area contributed by atoms with Gasteiger partial charge in [-0.15, -0.1) is 12.4 Å². The molecule has 2 aromatic carbocycles. The van der Waals surface area contributed by atoms with Crippen molar-refractivity contribution in [3.05, 3.63) is 66.2 Å². The molecule has 0 fully saturated rings. The third-order valence-corrected chi connectivity index (χ3v) is 4.02. The van der Waals surface area contributed by atoms with E-state index in [1.807, 2.05) is 54.4 Å². The molecule has 0 aliphatic carbocycles. The van der Waals surface area contributed by atoms with Gasteiger partial charge in [0.05, 0.1) is 5.69 Å². The minimum Gasteiger partial charge on any atom is -0.378 e. The van der Waals surface area contributed by atoms with Crippen LogP contribution in [0.5, 0.6) is 0 Å². The van der Waals surface area contributed by atoms with Gasteiger partial charge in [0.15, 0.2) is 6.17 Å². The minimum atomic E-state index is -0.00840. The largest absolute Gasteiger partial charge is 0.378 e. The highest BCUT2D eigenvalue weighted by molar-refractivity contribution is 5.85. The Morgan fingerprint density at radius 3 is 2.28 bits per heavy atom. The monoisotopic (exact) mass is 357 g/mol. The molecule has 132 valence electrons. The molecule has 1 unspecified atom stereocenters. The summed E-state index contributed by atoms with van der Waals surface area (Å²) in [5.74, 6) is 0. The number of hydrogen-bond acceptors (Lipinski definition) is 5. The van der Waals surface area contributed by atoms with Crippen LogP contribution in [0.2, 0.25) is 0 Å². The van der Waals surface area contributed by atoms with E-state index in [9.17, 15) is 0 Å². The quantitative estimate of drug-likeness (QED) is 0.781. The predicted molar refractivity (Wildman–Crippen MR) is 107 cm³/mol. The van der Waals surface area contributed by atoms with E-state index in [1.54, 1.807) is 0 Å². The van der Waals surface area contributed by atoms with Gasteiger partial charge >= 0.3 is 0 Å². The number of rotatable bonds is 5. The summed E-state index contributed by atoms with van der Waals surface area (Å²) in [7, 11) is 4.09. The van der Waals surface area contributed by atoms with E-state index >= 15 is 0 Å². The summed E-state index contributed by atoms with van der Waals surface area (Å²) in [6.07, 6.45) is 4.26. The van der Waals surface area contributed by atoms with Crippen molar-refractivity contribution in [3.8, 4) is 0 Å². The second-order valence-electron chi connectivity index (χ2n) is 5.87. The van der Waals surface area contributed by atoms with Crippen molar-refractivity contribution in [1.29, 1.82) is 0 Å². The van der Waals surface area contributed by atoms with Crippen LogP contribution < -0.4 is 9.91 Å². The summed E-state index contributed by atoms with van der Waals surface area (Å²) < 4.78 is 0. The smallest absolute Gasteiger partial charge is 0.161 e. The average Bonchev–Trinajstić information content (AvgIpc) is 3.04. The normalized spacial score (nSPS) is 16.4. The van der Waals surface area contributed by atoms with Crippen LogP contribution in [-0.2, 0) is 0 Å². The maximum Gasteiger partial charge on any atom is 0.161 e. The SMILES string of the molecule is CCN1N=NN(c2ccccc2)C1/C=C/c1ccc(N(C)C)cc1.Cl. The number of benzene rings is 2. The highest BCUT2D eigenvalue weighted by Crippen LogP contribution is 2.26. The van der Waals surface area contributed by atoms with Crippen LogP contribution in [-0.4, -0.2) is 31.8 Å². The number of anilines is 2. The Labute approximate surface area is 155 Å². The van der Waals surface area contributed by atoms with Gasteiger partial charge in [0.1, 0.15) is 0 Å². The van der Waals surface area contributed by atoms with E-state index in [0.717, 1.165) is 17.8 Å². The standard InChI is InChI=1S/C19H23N5.ClH/c1-4-23-19(24(21-20-23)18-8-6-5-7-9-18)15-12-16-10-13-17(14-11-16)22(2)3;/h5-15,19H,4H2,1-3H3;1H/b15-12+;. The Morgan fingerprint density at radius 1 is 1.00 bits per heavy atom. The summed E-state index contributed by atoms with van der Waals surface area (Å²) in [6.45, 7) is 2.89. The summed E-state index contributed by atoms with van der Waals surface area (Å²) in [5.41, 5.74) is 3.39. The lowest BCUT2D eigenvalue weighted by molar-refractivity contribution is 0.282. The first-order valence-electron chi connectivity index (χ1n) is 8.17. The molecule has 3 rings (SSSR count). The zero-order chi connectivity index (χ0) is 16.9. The molecular formula is C19H24ClN5. The number of hydrogen-bond donors (Lipinski definition) is 0. The number of para-hydroxylation sites is 1. The third-order valence-electron chi connectivity index (χ3n) is 4.02. The van der Waals surface area contributed by atoms with Crippen molar-refractivity contribution in [1.82, 2.24) is 5.01 Å². The fraction of sp³-hybridized carbons (Fsp3) is 0.263. The van der Waals surface area contributed by atoms with Gasteiger partial charge < -0.3 is 4.90 Å². The molecule has 5 nitrogen and oxygen atoms in total. The summed E-state index contributed by atoms with van der Waals surface area (Å²) in [6, 6.07) is 18.6. The van der Waals surface area contributed by atoms with E-state index in [-0.39, 0.29) is 18.6 Å². The summed E-state index contributed by atoms with van der Waals surface area (Å²) in [4.78, 5) is 2.10. The molecule has 0 bridgehead atoms. The van der Waals surface area contributed by atoms with E-state index in [4.69, 9.17) is 0 Å². The molecule has 1 aliphatic rings. The molecule has 0 radical (unpaired) electrons. The first-order valence-corrected chi connectivity index (χ1v) is 8.17. The molecule has 0 spiro atoms. The second-order valence-corrected chi connectivity index (χ2v) is 5.87.